The highest BCUT2D eigenvalue weighted by molar-refractivity contribution is 7.72. The fraction of sp³-hybridized carbons (Fsp3) is 0. The van der Waals surface area contributed by atoms with Gasteiger partial charge in [-0.25, -0.2) is 12.8 Å². The zero-order valence-corrected chi connectivity index (χ0v) is 9.56. The average Bonchev–Trinajstić information content (AvgIpc) is 2.32. The summed E-state index contributed by atoms with van der Waals surface area (Å²) in [5.74, 6) is 0.242. The average molecular weight is 252 g/mol. The van der Waals surface area contributed by atoms with E-state index < -0.39 is 10.7 Å². The molecule has 0 aromatic heterocycles. The third-order valence-corrected chi connectivity index (χ3v) is 2.87. The highest BCUT2D eigenvalue weighted by Crippen LogP contribution is 2.26. The van der Waals surface area contributed by atoms with Gasteiger partial charge in [0.2, 0.25) is 0 Å². The van der Waals surface area contributed by atoms with Gasteiger partial charge in [0.25, 0.3) is 0 Å². The summed E-state index contributed by atoms with van der Waals surface area (Å²) in [5.41, 5.74) is 0. The zero-order valence-electron chi connectivity index (χ0n) is 8.67. The molecule has 0 fully saturated rings. The summed E-state index contributed by atoms with van der Waals surface area (Å²) in [5, 5.41) is 0. The van der Waals surface area contributed by atoms with Crippen molar-refractivity contribution >= 4 is 10.7 Å². The summed E-state index contributed by atoms with van der Waals surface area (Å²) in [6.45, 7) is 0. The van der Waals surface area contributed by atoms with Crippen molar-refractivity contribution in [3.63, 3.8) is 0 Å². The van der Waals surface area contributed by atoms with Gasteiger partial charge in [-0.15, -0.1) is 0 Å². The molecule has 0 radical (unpaired) electrons. The van der Waals surface area contributed by atoms with E-state index in [2.05, 4.69) is 0 Å². The van der Waals surface area contributed by atoms with Crippen LogP contribution in [-0.2, 0) is 10.7 Å². The van der Waals surface area contributed by atoms with Crippen LogP contribution in [0.25, 0.3) is 0 Å². The number of ether oxygens (including phenoxy) is 1. The molecule has 0 aliphatic heterocycles. The van der Waals surface area contributed by atoms with E-state index in [-0.39, 0.29) is 16.5 Å². The lowest BCUT2D eigenvalue weighted by atomic mass is 10.3. The first-order chi connectivity index (χ1) is 8.16. The van der Waals surface area contributed by atoms with Gasteiger partial charge >= 0.3 is 0 Å². The van der Waals surface area contributed by atoms with E-state index in [1.54, 1.807) is 18.2 Å². The Balaban J connectivity index is 2.33. The fourth-order valence-electron chi connectivity index (χ4n) is 1.32. The predicted molar refractivity (Wildman–Crippen MR) is 61.5 cm³/mol. The van der Waals surface area contributed by atoms with Gasteiger partial charge in [0.15, 0.2) is 10.7 Å². The molecule has 17 heavy (non-hydrogen) atoms. The van der Waals surface area contributed by atoms with Gasteiger partial charge in [-0.2, -0.15) is 0 Å². The molecule has 0 aliphatic rings. The molecular formula is C12H9FO3S. The Kier molecular flexibility index (Phi) is 3.39. The lowest BCUT2D eigenvalue weighted by Crippen LogP contribution is -1.89. The molecule has 0 amide bonds. The zero-order chi connectivity index (χ0) is 12.3. The molecule has 0 N–H and O–H groups in total. The Morgan fingerprint density at radius 1 is 0.941 bits per heavy atom. The van der Waals surface area contributed by atoms with Gasteiger partial charge in [0.05, 0.1) is 0 Å². The first-order valence-electron chi connectivity index (χ1n) is 4.83. The molecule has 0 aliphatic carbocycles. The largest absolute Gasteiger partial charge is 0.456 e. The van der Waals surface area contributed by atoms with Gasteiger partial charge in [-0.3, -0.25) is 0 Å². The van der Waals surface area contributed by atoms with E-state index in [0.29, 0.717) is 5.75 Å². The van der Waals surface area contributed by atoms with Crippen LogP contribution < -0.4 is 4.74 Å². The predicted octanol–water partition coefficient (Wildman–Crippen LogP) is 2.59. The van der Waals surface area contributed by atoms with Crippen LogP contribution in [0.2, 0.25) is 0 Å². The second-order valence-corrected chi connectivity index (χ2v) is 4.28. The maximum Gasteiger partial charge on any atom is 0.171 e. The van der Waals surface area contributed by atoms with Crippen LogP contribution in [0.5, 0.6) is 11.5 Å². The minimum absolute atomic E-state index is 0.104. The summed E-state index contributed by atoms with van der Waals surface area (Å²) in [4.78, 5) is 0.104. The minimum Gasteiger partial charge on any atom is -0.456 e. The minimum atomic E-state index is -2.72. The van der Waals surface area contributed by atoms with Crippen LogP contribution in [0.1, 0.15) is 0 Å². The molecule has 3 nitrogen and oxygen atoms in total. The standard InChI is InChI=1S/C12H9FO3S/c13-9-5-7-10(8-6-9)16-11-3-1-2-4-12(11)17(14)15/h1-8,17H. The van der Waals surface area contributed by atoms with Gasteiger partial charge in [-0.1, -0.05) is 12.1 Å². The van der Waals surface area contributed by atoms with Gasteiger partial charge in [0.1, 0.15) is 22.2 Å². The molecule has 0 heterocycles. The second kappa shape index (κ2) is 4.97. The Morgan fingerprint density at radius 2 is 1.59 bits per heavy atom. The molecule has 0 unspecified atom stereocenters. The highest BCUT2D eigenvalue weighted by Gasteiger charge is 2.06. The quantitative estimate of drug-likeness (QED) is 0.854. The van der Waals surface area contributed by atoms with Crippen molar-refractivity contribution in [1.29, 1.82) is 0 Å². The van der Waals surface area contributed by atoms with E-state index in [4.69, 9.17) is 4.74 Å². The van der Waals surface area contributed by atoms with Crippen LogP contribution in [0.3, 0.4) is 0 Å². The number of benzene rings is 2. The molecule has 2 aromatic carbocycles. The van der Waals surface area contributed by atoms with E-state index in [1.165, 1.54) is 30.3 Å². The third-order valence-electron chi connectivity index (χ3n) is 2.10. The Bertz CT molecular complexity index is 583. The van der Waals surface area contributed by atoms with Crippen molar-refractivity contribution in [1.82, 2.24) is 0 Å². The molecule has 0 spiro atoms. The van der Waals surface area contributed by atoms with Gasteiger partial charge in [-0.05, 0) is 36.4 Å². The van der Waals surface area contributed by atoms with E-state index in [9.17, 15) is 12.8 Å². The highest BCUT2D eigenvalue weighted by atomic mass is 32.2. The maximum absolute atomic E-state index is 12.7. The van der Waals surface area contributed by atoms with Crippen LogP contribution in [-0.4, -0.2) is 8.42 Å². The van der Waals surface area contributed by atoms with Crippen molar-refractivity contribution in [2.45, 2.75) is 4.90 Å². The lowest BCUT2D eigenvalue weighted by molar-refractivity contribution is 0.467. The van der Waals surface area contributed by atoms with E-state index in [0.717, 1.165) is 0 Å². The second-order valence-electron chi connectivity index (χ2n) is 3.28. The summed E-state index contributed by atoms with van der Waals surface area (Å²) in [7, 11) is -2.72. The number of rotatable bonds is 3. The molecule has 88 valence electrons. The van der Waals surface area contributed by atoms with Crippen molar-refractivity contribution in [3.8, 4) is 11.5 Å². The summed E-state index contributed by atoms with van der Waals surface area (Å²) in [6, 6.07) is 11.6. The van der Waals surface area contributed by atoms with E-state index >= 15 is 0 Å². The van der Waals surface area contributed by atoms with Crippen LogP contribution in [0.15, 0.2) is 53.4 Å². The van der Waals surface area contributed by atoms with Crippen LogP contribution in [0, 0.1) is 5.82 Å². The summed E-state index contributed by atoms with van der Waals surface area (Å²) >= 11 is 0. The fourth-order valence-corrected chi connectivity index (χ4v) is 1.83. The molecule has 2 aromatic rings. The normalized spacial score (nSPS) is 10.5. The van der Waals surface area contributed by atoms with Crippen molar-refractivity contribution in [3.05, 3.63) is 54.3 Å². The lowest BCUT2D eigenvalue weighted by Gasteiger charge is -2.07. The van der Waals surface area contributed by atoms with Crippen molar-refractivity contribution < 1.29 is 17.5 Å². The number of hydrogen-bond acceptors (Lipinski definition) is 3. The number of thiol groups is 1. The third kappa shape index (κ3) is 2.82. The smallest absolute Gasteiger partial charge is 0.171 e. The van der Waals surface area contributed by atoms with Crippen molar-refractivity contribution in [2.24, 2.45) is 0 Å². The molecule has 0 saturated heterocycles. The van der Waals surface area contributed by atoms with Gasteiger partial charge < -0.3 is 4.74 Å². The Hall–Kier alpha value is -1.88. The summed E-state index contributed by atoms with van der Waals surface area (Å²) in [6.07, 6.45) is 0. The first-order valence-corrected chi connectivity index (χ1v) is 6.01. The Morgan fingerprint density at radius 3 is 2.24 bits per heavy atom. The first kappa shape index (κ1) is 11.6. The molecule has 5 heteroatoms. The molecular weight excluding hydrogens is 243 g/mol. The molecule has 0 bridgehead atoms. The molecule has 0 atom stereocenters. The monoisotopic (exact) mass is 252 g/mol. The SMILES string of the molecule is O=[SH](=O)c1ccccc1Oc1ccc(F)cc1. The van der Waals surface area contributed by atoms with Gasteiger partial charge in [0, 0.05) is 0 Å². The number of para-hydroxylation sites is 1. The number of halogens is 1. The topological polar surface area (TPSA) is 43.4 Å². The van der Waals surface area contributed by atoms with Crippen LogP contribution in [0.4, 0.5) is 4.39 Å². The van der Waals surface area contributed by atoms with Crippen molar-refractivity contribution in [2.75, 3.05) is 0 Å². The molecule has 0 saturated carbocycles. The maximum atomic E-state index is 12.7. The summed E-state index contributed by atoms with van der Waals surface area (Å²) < 4.78 is 40.0. The van der Waals surface area contributed by atoms with Crippen LogP contribution >= 0.6 is 0 Å². The Labute approximate surface area is 99.4 Å². The van der Waals surface area contributed by atoms with E-state index in [1.807, 2.05) is 0 Å². The molecule has 2 rings (SSSR count). The number of hydrogen-bond donors (Lipinski definition) is 1.